The van der Waals surface area contributed by atoms with E-state index in [0.29, 0.717) is 17.9 Å². The molecule has 136 valence electrons. The van der Waals surface area contributed by atoms with Crippen LogP contribution in [-0.4, -0.2) is 18.9 Å². The Morgan fingerprint density at radius 2 is 1.92 bits per heavy atom. The maximum absolute atomic E-state index is 13.0. The van der Waals surface area contributed by atoms with Crippen LogP contribution in [-0.2, 0) is 0 Å². The predicted octanol–water partition coefficient (Wildman–Crippen LogP) is 4.84. The molecular formula is C20H21BrN2O3. The first kappa shape index (κ1) is 17.2. The number of hydrogen-bond donors (Lipinski definition) is 1. The van der Waals surface area contributed by atoms with Gasteiger partial charge in [0.2, 0.25) is 0 Å². The molecule has 2 aromatic carbocycles. The molecule has 2 bridgehead atoms. The number of fused-ring (bicyclic) bond motifs is 4. The molecule has 0 aliphatic carbocycles. The quantitative estimate of drug-likeness (QED) is 0.761. The van der Waals surface area contributed by atoms with E-state index in [-0.39, 0.29) is 12.1 Å². The predicted molar refractivity (Wildman–Crippen MR) is 104 cm³/mol. The van der Waals surface area contributed by atoms with Crippen molar-refractivity contribution >= 4 is 27.6 Å². The molecule has 1 saturated heterocycles. The summed E-state index contributed by atoms with van der Waals surface area (Å²) in [5, 5.41) is 3.13. The topological polar surface area (TPSA) is 50.8 Å². The first-order chi connectivity index (χ1) is 12.3. The highest BCUT2D eigenvalue weighted by molar-refractivity contribution is 9.10. The van der Waals surface area contributed by atoms with Crippen LogP contribution in [0, 0.1) is 13.8 Å². The molecule has 2 aliphatic heterocycles. The first-order valence-electron chi connectivity index (χ1n) is 8.56. The summed E-state index contributed by atoms with van der Waals surface area (Å²) in [5.74, 6) is 1.34. The second kappa shape index (κ2) is 5.91. The van der Waals surface area contributed by atoms with Gasteiger partial charge in [0, 0.05) is 22.1 Å². The minimum Gasteiger partial charge on any atom is -0.493 e. The summed E-state index contributed by atoms with van der Waals surface area (Å²) in [6.45, 7) is 6.02. The fourth-order valence-corrected chi connectivity index (χ4v) is 4.48. The zero-order valence-electron chi connectivity index (χ0n) is 15.2. The van der Waals surface area contributed by atoms with Gasteiger partial charge in [-0.15, -0.1) is 0 Å². The molecule has 2 unspecified atom stereocenters. The van der Waals surface area contributed by atoms with E-state index in [1.165, 1.54) is 0 Å². The van der Waals surface area contributed by atoms with Crippen LogP contribution < -0.4 is 19.7 Å². The lowest BCUT2D eigenvalue weighted by molar-refractivity contribution is 0.0349. The number of methoxy groups -OCH3 is 1. The average Bonchev–Trinajstić information content (AvgIpc) is 2.53. The molecular weight excluding hydrogens is 396 g/mol. The number of benzene rings is 2. The van der Waals surface area contributed by atoms with Gasteiger partial charge in [-0.1, -0.05) is 22.0 Å². The van der Waals surface area contributed by atoms with Gasteiger partial charge in [0.1, 0.15) is 0 Å². The first-order valence-corrected chi connectivity index (χ1v) is 9.35. The van der Waals surface area contributed by atoms with Gasteiger partial charge in [-0.2, -0.15) is 0 Å². The number of amides is 2. The Bertz CT molecular complexity index is 894. The molecule has 2 heterocycles. The third-order valence-corrected chi connectivity index (χ3v) is 5.44. The smallest absolute Gasteiger partial charge is 0.325 e. The monoisotopic (exact) mass is 416 g/mol. The van der Waals surface area contributed by atoms with Gasteiger partial charge < -0.3 is 14.8 Å². The molecule has 26 heavy (non-hydrogen) atoms. The molecule has 2 aromatic rings. The van der Waals surface area contributed by atoms with Gasteiger partial charge in [-0.25, -0.2) is 4.79 Å². The SMILES string of the molecule is COc1cc(Br)cc2c1OC1(C)CC2NC(=O)N1c1cc(C)cc(C)c1. The van der Waals surface area contributed by atoms with Crippen LogP contribution in [0.5, 0.6) is 11.5 Å². The van der Waals surface area contributed by atoms with Crippen LogP contribution in [0.3, 0.4) is 0 Å². The van der Waals surface area contributed by atoms with Gasteiger partial charge >= 0.3 is 6.03 Å². The molecule has 1 fully saturated rings. The molecule has 6 heteroatoms. The Morgan fingerprint density at radius 3 is 2.58 bits per heavy atom. The van der Waals surface area contributed by atoms with Gasteiger partial charge in [-0.05, 0) is 56.2 Å². The summed E-state index contributed by atoms with van der Waals surface area (Å²) in [6, 6.07) is 9.70. The highest BCUT2D eigenvalue weighted by Gasteiger charge is 2.50. The number of anilines is 1. The highest BCUT2D eigenvalue weighted by Crippen LogP contribution is 2.50. The second-order valence-corrected chi connectivity index (χ2v) is 8.11. The van der Waals surface area contributed by atoms with E-state index in [1.54, 1.807) is 12.0 Å². The molecule has 1 N–H and O–H groups in total. The minimum atomic E-state index is -0.790. The highest BCUT2D eigenvalue weighted by atomic mass is 79.9. The van der Waals surface area contributed by atoms with Crippen molar-refractivity contribution in [1.29, 1.82) is 0 Å². The Labute approximate surface area is 161 Å². The van der Waals surface area contributed by atoms with E-state index in [4.69, 9.17) is 9.47 Å². The number of ether oxygens (including phenoxy) is 2. The van der Waals surface area contributed by atoms with Gasteiger partial charge in [0.15, 0.2) is 17.2 Å². The van der Waals surface area contributed by atoms with Gasteiger partial charge in [-0.3, -0.25) is 4.90 Å². The van der Waals surface area contributed by atoms with E-state index in [0.717, 1.165) is 26.9 Å². The summed E-state index contributed by atoms with van der Waals surface area (Å²) in [6.07, 6.45) is 0.651. The maximum Gasteiger partial charge on any atom is 0.325 e. The summed E-state index contributed by atoms with van der Waals surface area (Å²) in [5.41, 5.74) is 3.19. The lowest BCUT2D eigenvalue weighted by Gasteiger charge is -2.50. The fraction of sp³-hybridized carbons (Fsp3) is 0.350. The average molecular weight is 417 g/mol. The Balaban J connectivity index is 1.85. The number of carbonyl (C=O) groups excluding carboxylic acids is 1. The molecule has 0 radical (unpaired) electrons. The van der Waals surface area contributed by atoms with E-state index in [9.17, 15) is 4.79 Å². The Hall–Kier alpha value is -2.21. The number of aryl methyl sites for hydroxylation is 2. The zero-order valence-corrected chi connectivity index (χ0v) is 16.8. The summed E-state index contributed by atoms with van der Waals surface area (Å²) >= 11 is 3.51. The van der Waals surface area contributed by atoms with E-state index < -0.39 is 5.72 Å². The van der Waals surface area contributed by atoms with Crippen molar-refractivity contribution < 1.29 is 14.3 Å². The van der Waals surface area contributed by atoms with Crippen LogP contribution in [0.2, 0.25) is 0 Å². The summed E-state index contributed by atoms with van der Waals surface area (Å²) < 4.78 is 12.8. The zero-order chi connectivity index (χ0) is 18.6. The van der Waals surface area contributed by atoms with E-state index in [1.807, 2.05) is 45.0 Å². The summed E-state index contributed by atoms with van der Waals surface area (Å²) in [7, 11) is 1.62. The lowest BCUT2D eigenvalue weighted by atomic mass is 9.89. The van der Waals surface area contributed by atoms with Crippen LogP contribution in [0.15, 0.2) is 34.8 Å². The number of nitrogens with one attached hydrogen (secondary N) is 1. The molecule has 2 aliphatic rings. The lowest BCUT2D eigenvalue weighted by Crippen LogP contribution is -2.65. The van der Waals surface area contributed by atoms with Crippen LogP contribution in [0.25, 0.3) is 0 Å². The third kappa shape index (κ3) is 2.63. The Kier molecular flexibility index (Phi) is 3.91. The standard InChI is InChI=1S/C20H21BrN2O3/c1-11-5-12(2)7-14(6-11)23-19(24)22-16-10-20(23,3)26-18-15(16)8-13(21)9-17(18)25-4/h5-9,16H,10H2,1-4H3,(H,22,24). The molecule has 4 rings (SSSR count). The molecule has 0 saturated carbocycles. The molecule has 2 amide bonds. The number of hydrogen-bond acceptors (Lipinski definition) is 3. The number of halogens is 1. The van der Waals surface area contributed by atoms with Crippen LogP contribution >= 0.6 is 15.9 Å². The van der Waals surface area contributed by atoms with E-state index >= 15 is 0 Å². The van der Waals surface area contributed by atoms with Crippen molar-refractivity contribution in [2.75, 3.05) is 12.0 Å². The largest absolute Gasteiger partial charge is 0.493 e. The van der Waals surface area contributed by atoms with Crippen molar-refractivity contribution in [1.82, 2.24) is 5.32 Å². The molecule has 5 nitrogen and oxygen atoms in total. The van der Waals surface area contributed by atoms with E-state index in [2.05, 4.69) is 27.3 Å². The second-order valence-electron chi connectivity index (χ2n) is 7.19. The van der Waals surface area contributed by atoms with Gasteiger partial charge in [0.05, 0.1) is 13.2 Å². The number of urea groups is 1. The van der Waals surface area contributed by atoms with Crippen LogP contribution in [0.4, 0.5) is 10.5 Å². The van der Waals surface area contributed by atoms with Crippen molar-refractivity contribution in [3.63, 3.8) is 0 Å². The third-order valence-electron chi connectivity index (χ3n) is 4.99. The van der Waals surface area contributed by atoms with Crippen molar-refractivity contribution in [3.8, 4) is 11.5 Å². The number of rotatable bonds is 2. The normalized spacial score (nSPS) is 23.8. The van der Waals surface area contributed by atoms with Crippen molar-refractivity contribution in [3.05, 3.63) is 51.5 Å². The molecule has 2 atom stereocenters. The molecule has 0 aromatic heterocycles. The van der Waals surface area contributed by atoms with Crippen molar-refractivity contribution in [2.24, 2.45) is 0 Å². The number of nitrogens with zero attached hydrogens (tertiary/aromatic N) is 1. The van der Waals surface area contributed by atoms with Gasteiger partial charge in [0.25, 0.3) is 0 Å². The van der Waals surface area contributed by atoms with Crippen LogP contribution in [0.1, 0.15) is 36.1 Å². The Morgan fingerprint density at radius 1 is 1.23 bits per heavy atom. The number of carbonyl (C=O) groups is 1. The fourth-order valence-electron chi connectivity index (χ4n) is 4.02. The van der Waals surface area contributed by atoms with Crippen molar-refractivity contribution in [2.45, 2.75) is 39.0 Å². The molecule has 0 spiro atoms. The summed E-state index contributed by atoms with van der Waals surface area (Å²) in [4.78, 5) is 14.7. The maximum atomic E-state index is 13.0. The minimum absolute atomic E-state index is 0.121.